The quantitative estimate of drug-likeness (QED) is 0.565. The highest BCUT2D eigenvalue weighted by Crippen LogP contribution is 2.45. The summed E-state index contributed by atoms with van der Waals surface area (Å²) in [5.74, 6) is -0.504. The van der Waals surface area contributed by atoms with Gasteiger partial charge in [-0.15, -0.1) is 0 Å². The van der Waals surface area contributed by atoms with Gasteiger partial charge in [0.2, 0.25) is 11.8 Å². The number of hydrogen-bond acceptors (Lipinski definition) is 6. The predicted molar refractivity (Wildman–Crippen MR) is 122 cm³/mol. The fourth-order valence-corrected chi connectivity index (χ4v) is 5.66. The van der Waals surface area contributed by atoms with Crippen LogP contribution in [-0.2, 0) is 16.0 Å². The van der Waals surface area contributed by atoms with Gasteiger partial charge in [0, 0.05) is 25.7 Å². The smallest absolute Gasteiger partial charge is 0.330 e. The number of pyridine rings is 1. The second-order valence-electron chi connectivity index (χ2n) is 9.28. The number of hydrogen-bond donors (Lipinski definition) is 1. The van der Waals surface area contributed by atoms with E-state index in [0.717, 1.165) is 32.1 Å². The van der Waals surface area contributed by atoms with E-state index in [0.29, 0.717) is 36.4 Å². The summed E-state index contributed by atoms with van der Waals surface area (Å²) >= 11 is 0. The van der Waals surface area contributed by atoms with Crippen molar-refractivity contribution in [2.24, 2.45) is 5.41 Å². The van der Waals surface area contributed by atoms with Gasteiger partial charge in [0.05, 0.1) is 11.6 Å². The Morgan fingerprint density at radius 1 is 1.12 bits per heavy atom. The predicted octanol–water partition coefficient (Wildman–Crippen LogP) is 2.25. The third-order valence-electron chi connectivity index (χ3n) is 7.34. The van der Waals surface area contributed by atoms with Gasteiger partial charge in [0.25, 0.3) is 5.56 Å². The van der Waals surface area contributed by atoms with Crippen LogP contribution < -0.4 is 15.8 Å². The number of imide groups is 2. The van der Waals surface area contributed by atoms with Gasteiger partial charge in [-0.1, -0.05) is 38.7 Å². The lowest BCUT2D eigenvalue weighted by Gasteiger charge is -2.50. The minimum Gasteiger partial charge on any atom is -0.352 e. The van der Waals surface area contributed by atoms with Crippen molar-refractivity contribution in [3.8, 4) is 0 Å². The first-order valence-electron chi connectivity index (χ1n) is 11.9. The summed E-state index contributed by atoms with van der Waals surface area (Å²) in [6.07, 6.45) is 7.47. The molecule has 1 N–H and O–H groups in total. The number of fused-ring (bicyclic) bond motifs is 5. The van der Waals surface area contributed by atoms with Crippen molar-refractivity contribution in [1.29, 1.82) is 0 Å². The lowest BCUT2D eigenvalue weighted by Crippen LogP contribution is -2.72. The third kappa shape index (κ3) is 3.24. The summed E-state index contributed by atoms with van der Waals surface area (Å²) < 4.78 is 1.46. The number of urea groups is 1. The lowest BCUT2D eigenvalue weighted by molar-refractivity contribution is -0.153. The molecule has 0 bridgehead atoms. The standard InChI is InChI=1S/C24H29N5O4/c1-2-3-7-14-29-22(32)24(21(31)26-23(29)33)15-16-19(27-12-8-4-5-10-17(24)27)25-18-11-6-9-13-28(18)20(16)30/h6,9,11,13,17H,2-5,7-8,10,12,14-15H2,1H3,(H,26,31,33)/t17-,24-/m0/s1. The molecule has 3 aliphatic rings. The molecule has 33 heavy (non-hydrogen) atoms. The molecule has 3 aliphatic heterocycles. The number of carbonyl (C=O) groups is 3. The maximum atomic E-state index is 14.0. The van der Waals surface area contributed by atoms with E-state index in [1.165, 1.54) is 9.30 Å². The SMILES string of the molecule is CCCCCN1C(=O)NC(=O)[C@@]2(Cc3c(nc4ccccn4c3=O)N3CCCCC[C@H]32)C1=O. The van der Waals surface area contributed by atoms with Gasteiger partial charge in [-0.05, 0) is 31.4 Å². The number of nitrogens with zero attached hydrogens (tertiary/aromatic N) is 4. The number of rotatable bonds is 4. The van der Waals surface area contributed by atoms with Crippen LogP contribution in [0.5, 0.6) is 0 Å². The largest absolute Gasteiger partial charge is 0.352 e. The van der Waals surface area contributed by atoms with Crippen molar-refractivity contribution in [3.05, 3.63) is 40.3 Å². The summed E-state index contributed by atoms with van der Waals surface area (Å²) in [6, 6.07) is 4.26. The summed E-state index contributed by atoms with van der Waals surface area (Å²) in [5, 5.41) is 2.46. The lowest BCUT2D eigenvalue weighted by atomic mass is 9.68. The molecule has 2 atom stereocenters. The number of barbiturate groups is 1. The van der Waals surface area contributed by atoms with Gasteiger partial charge < -0.3 is 4.90 Å². The average Bonchev–Trinajstić information content (AvgIpc) is 3.07. The second kappa shape index (κ2) is 8.28. The molecule has 9 nitrogen and oxygen atoms in total. The molecular weight excluding hydrogens is 422 g/mol. The molecule has 2 aromatic rings. The normalized spacial score (nSPS) is 25.1. The Balaban J connectivity index is 1.68. The molecule has 5 heterocycles. The van der Waals surface area contributed by atoms with Crippen LogP contribution in [0.4, 0.5) is 10.6 Å². The van der Waals surface area contributed by atoms with E-state index in [2.05, 4.69) is 12.2 Å². The monoisotopic (exact) mass is 451 g/mol. The van der Waals surface area contributed by atoms with Gasteiger partial charge in [0.1, 0.15) is 11.5 Å². The van der Waals surface area contributed by atoms with Crippen molar-refractivity contribution in [1.82, 2.24) is 19.6 Å². The zero-order valence-electron chi connectivity index (χ0n) is 18.9. The van der Waals surface area contributed by atoms with Crippen LogP contribution in [0.15, 0.2) is 29.2 Å². The number of amides is 4. The molecule has 0 unspecified atom stereocenters. The molecule has 174 valence electrons. The van der Waals surface area contributed by atoms with Crippen LogP contribution in [0.3, 0.4) is 0 Å². The maximum absolute atomic E-state index is 14.0. The summed E-state index contributed by atoms with van der Waals surface area (Å²) in [5.41, 5.74) is -0.881. The van der Waals surface area contributed by atoms with Crippen LogP contribution in [-0.4, -0.2) is 51.3 Å². The number of unbranched alkanes of at least 4 members (excludes halogenated alkanes) is 2. The highest BCUT2D eigenvalue weighted by atomic mass is 16.2. The van der Waals surface area contributed by atoms with Crippen LogP contribution in [0.25, 0.3) is 5.65 Å². The van der Waals surface area contributed by atoms with Crippen molar-refractivity contribution < 1.29 is 14.4 Å². The first kappa shape index (κ1) is 21.6. The Morgan fingerprint density at radius 3 is 2.79 bits per heavy atom. The van der Waals surface area contributed by atoms with Gasteiger partial charge in [-0.25, -0.2) is 9.78 Å². The Kier molecular flexibility index (Phi) is 5.42. The van der Waals surface area contributed by atoms with Gasteiger partial charge in [-0.2, -0.15) is 0 Å². The van der Waals surface area contributed by atoms with Crippen molar-refractivity contribution in [2.45, 2.75) is 64.3 Å². The first-order valence-corrected chi connectivity index (χ1v) is 11.9. The van der Waals surface area contributed by atoms with Crippen molar-refractivity contribution >= 4 is 29.3 Å². The number of nitrogens with one attached hydrogen (secondary N) is 1. The fraction of sp³-hybridized carbons (Fsp3) is 0.542. The molecule has 9 heteroatoms. The van der Waals surface area contributed by atoms with E-state index < -0.39 is 29.3 Å². The molecule has 0 radical (unpaired) electrons. The molecule has 4 amide bonds. The second-order valence-corrected chi connectivity index (χ2v) is 9.28. The van der Waals surface area contributed by atoms with E-state index in [1.54, 1.807) is 18.3 Å². The molecule has 0 saturated carbocycles. The summed E-state index contributed by atoms with van der Waals surface area (Å²) in [6.45, 7) is 2.93. The Hall–Kier alpha value is -3.23. The minimum atomic E-state index is -1.51. The Morgan fingerprint density at radius 2 is 1.97 bits per heavy atom. The topological polar surface area (TPSA) is 104 Å². The molecule has 0 aliphatic carbocycles. The van der Waals surface area contributed by atoms with Gasteiger partial charge in [-0.3, -0.25) is 29.0 Å². The number of anilines is 1. The molecular formula is C24H29N5O4. The fourth-order valence-electron chi connectivity index (χ4n) is 5.66. The molecule has 2 aromatic heterocycles. The molecule has 5 rings (SSSR count). The Labute approximate surface area is 191 Å². The zero-order chi connectivity index (χ0) is 23.2. The third-order valence-corrected chi connectivity index (χ3v) is 7.34. The van der Waals surface area contributed by atoms with E-state index in [-0.39, 0.29) is 18.5 Å². The van der Waals surface area contributed by atoms with E-state index in [4.69, 9.17) is 4.98 Å². The van der Waals surface area contributed by atoms with Gasteiger partial charge >= 0.3 is 6.03 Å². The van der Waals surface area contributed by atoms with Crippen LogP contribution in [0, 0.1) is 5.41 Å². The summed E-state index contributed by atoms with van der Waals surface area (Å²) in [7, 11) is 0. The first-order chi connectivity index (χ1) is 16.0. The maximum Gasteiger partial charge on any atom is 0.330 e. The molecule has 0 aromatic carbocycles. The highest BCUT2D eigenvalue weighted by molar-refractivity contribution is 6.20. The minimum absolute atomic E-state index is 0.0462. The van der Waals surface area contributed by atoms with Crippen LogP contribution in [0.2, 0.25) is 0 Å². The van der Waals surface area contributed by atoms with Crippen LogP contribution >= 0.6 is 0 Å². The van der Waals surface area contributed by atoms with Gasteiger partial charge in [0.15, 0.2) is 5.41 Å². The molecule has 2 fully saturated rings. The zero-order valence-corrected chi connectivity index (χ0v) is 18.9. The highest BCUT2D eigenvalue weighted by Gasteiger charge is 2.62. The molecule has 1 spiro atoms. The van der Waals surface area contributed by atoms with E-state index >= 15 is 0 Å². The van der Waals surface area contributed by atoms with E-state index in [9.17, 15) is 19.2 Å². The van der Waals surface area contributed by atoms with Crippen molar-refractivity contribution in [3.63, 3.8) is 0 Å². The van der Waals surface area contributed by atoms with Crippen LogP contribution in [0.1, 0.15) is 57.4 Å². The average molecular weight is 452 g/mol. The summed E-state index contributed by atoms with van der Waals surface area (Å²) in [4.78, 5) is 61.6. The molecule has 2 saturated heterocycles. The van der Waals surface area contributed by atoms with E-state index in [1.807, 2.05) is 11.0 Å². The number of aromatic nitrogens is 2. The van der Waals surface area contributed by atoms with Crippen molar-refractivity contribution in [2.75, 3.05) is 18.0 Å². The Bertz CT molecular complexity index is 1190. The number of carbonyl (C=O) groups excluding carboxylic acids is 3.